The molecule has 0 saturated heterocycles. The van der Waals surface area contributed by atoms with Gasteiger partial charge in [-0.1, -0.05) is 42.0 Å². The Morgan fingerprint density at radius 3 is 2.83 bits per heavy atom. The number of aryl methyl sites for hydroxylation is 1. The van der Waals surface area contributed by atoms with Crippen molar-refractivity contribution >= 4 is 11.7 Å². The van der Waals surface area contributed by atoms with Crippen LogP contribution in [-0.2, 0) is 4.79 Å². The molecule has 6 heteroatoms. The molecule has 0 bridgehead atoms. The number of nitrogens with one attached hydrogen (secondary N) is 1. The number of hydrogen-bond donors (Lipinski definition) is 1. The third kappa shape index (κ3) is 2.92. The number of ether oxygens (including phenoxy) is 1. The number of aromatic nitrogens is 3. The van der Waals surface area contributed by atoms with E-state index in [9.17, 15) is 4.79 Å². The maximum atomic E-state index is 12.9. The highest BCUT2D eigenvalue weighted by molar-refractivity contribution is 5.99. The highest BCUT2D eigenvalue weighted by Gasteiger charge is 2.38. The fourth-order valence-electron chi connectivity index (χ4n) is 4.24. The van der Waals surface area contributed by atoms with Gasteiger partial charge < -0.3 is 10.1 Å². The molecule has 1 unspecified atom stereocenters. The van der Waals surface area contributed by atoms with Crippen molar-refractivity contribution in [2.75, 3.05) is 12.4 Å². The summed E-state index contributed by atoms with van der Waals surface area (Å²) in [6.07, 6.45) is 2.24. The lowest BCUT2D eigenvalue weighted by Gasteiger charge is -2.32. The minimum absolute atomic E-state index is 0.160. The number of anilines is 1. The van der Waals surface area contributed by atoms with E-state index >= 15 is 0 Å². The van der Waals surface area contributed by atoms with Gasteiger partial charge in [-0.15, -0.1) is 5.10 Å². The van der Waals surface area contributed by atoms with Gasteiger partial charge in [0.15, 0.2) is 11.6 Å². The number of para-hydroxylation sites is 1. The molecule has 0 spiro atoms. The molecule has 3 aromatic rings. The first kappa shape index (κ1) is 17.7. The highest BCUT2D eigenvalue weighted by atomic mass is 16.5. The normalized spacial score (nSPS) is 18.1. The number of methoxy groups -OCH3 is 1. The minimum Gasteiger partial charge on any atom is -0.496 e. The largest absolute Gasteiger partial charge is 0.496 e. The molecule has 1 atom stereocenters. The topological polar surface area (TPSA) is 69.0 Å². The average molecular weight is 386 g/mol. The monoisotopic (exact) mass is 386 g/mol. The van der Waals surface area contributed by atoms with Gasteiger partial charge in [0.25, 0.3) is 0 Å². The maximum absolute atomic E-state index is 12.9. The quantitative estimate of drug-likeness (QED) is 0.727. The predicted octanol–water partition coefficient (Wildman–Crippen LogP) is 4.28. The van der Waals surface area contributed by atoms with Crippen LogP contribution >= 0.6 is 0 Å². The summed E-state index contributed by atoms with van der Waals surface area (Å²) in [5, 5.41) is 8.20. The zero-order valence-electron chi connectivity index (χ0n) is 16.5. The Labute approximate surface area is 169 Å². The van der Waals surface area contributed by atoms with Gasteiger partial charge in [0, 0.05) is 28.8 Å². The van der Waals surface area contributed by atoms with Gasteiger partial charge in [0.2, 0.25) is 5.95 Å². The van der Waals surface area contributed by atoms with Crippen LogP contribution in [0.5, 0.6) is 5.75 Å². The number of nitrogens with zero attached hydrogens (tertiary/aromatic N) is 3. The van der Waals surface area contributed by atoms with E-state index in [2.05, 4.69) is 11.4 Å². The molecule has 0 radical (unpaired) electrons. The average Bonchev–Trinajstić information content (AvgIpc) is 3.16. The van der Waals surface area contributed by atoms with Crippen molar-refractivity contribution in [3.63, 3.8) is 0 Å². The molecule has 1 aromatic heterocycles. The van der Waals surface area contributed by atoms with Crippen LogP contribution in [0, 0.1) is 6.92 Å². The van der Waals surface area contributed by atoms with Gasteiger partial charge in [0.1, 0.15) is 11.8 Å². The van der Waals surface area contributed by atoms with E-state index in [1.165, 1.54) is 0 Å². The molecule has 6 nitrogen and oxygen atoms in total. The maximum Gasteiger partial charge on any atom is 0.226 e. The number of carbonyl (C=O) groups is 1. The standard InChI is InChI=1S/C23H22N4O2/c1-14-7-5-8-15(13-14)22-25-23-24-17-10-6-11-18(28)20(17)21(27(23)26-22)16-9-3-4-12-19(16)29-2/h3-5,7-9,12-13,21H,6,10-11H2,1-2H3,(H,24,25,26). The summed E-state index contributed by atoms with van der Waals surface area (Å²) >= 11 is 0. The Morgan fingerprint density at radius 2 is 2.00 bits per heavy atom. The predicted molar refractivity (Wildman–Crippen MR) is 111 cm³/mol. The smallest absolute Gasteiger partial charge is 0.226 e. The number of allylic oxidation sites excluding steroid dienone is 2. The number of carbonyl (C=O) groups excluding carboxylic acids is 1. The van der Waals surface area contributed by atoms with Crippen molar-refractivity contribution in [1.29, 1.82) is 0 Å². The molecule has 1 aliphatic carbocycles. The van der Waals surface area contributed by atoms with E-state index in [0.717, 1.165) is 46.6 Å². The SMILES string of the molecule is COc1ccccc1C1C2=C(CCCC2=O)Nc2nc(-c3cccc(C)c3)nn21. The molecule has 2 heterocycles. The third-order valence-corrected chi connectivity index (χ3v) is 5.58. The van der Waals surface area contributed by atoms with Crippen LogP contribution in [0.1, 0.15) is 36.4 Å². The van der Waals surface area contributed by atoms with Crippen LogP contribution in [-0.4, -0.2) is 27.7 Å². The zero-order chi connectivity index (χ0) is 20.0. The molecule has 29 heavy (non-hydrogen) atoms. The second-order valence-corrected chi connectivity index (χ2v) is 7.51. The third-order valence-electron chi connectivity index (χ3n) is 5.58. The Hall–Kier alpha value is -3.41. The first-order valence-corrected chi connectivity index (χ1v) is 9.85. The number of rotatable bonds is 3. The number of Topliss-reactive ketones (excluding diaryl/α,β-unsaturated/α-hetero) is 1. The lowest BCUT2D eigenvalue weighted by Crippen LogP contribution is -2.31. The van der Waals surface area contributed by atoms with Crippen molar-refractivity contribution in [2.45, 2.75) is 32.2 Å². The van der Waals surface area contributed by atoms with Crippen LogP contribution < -0.4 is 10.1 Å². The number of benzene rings is 2. The second kappa shape index (κ2) is 6.88. The van der Waals surface area contributed by atoms with E-state index in [1.807, 2.05) is 54.1 Å². The van der Waals surface area contributed by atoms with Gasteiger partial charge in [-0.05, 0) is 31.9 Å². The van der Waals surface area contributed by atoms with Crippen LogP contribution in [0.4, 0.5) is 5.95 Å². The van der Waals surface area contributed by atoms with E-state index in [0.29, 0.717) is 18.2 Å². The van der Waals surface area contributed by atoms with Crippen molar-refractivity contribution < 1.29 is 9.53 Å². The summed E-state index contributed by atoms with van der Waals surface area (Å²) in [4.78, 5) is 17.7. The van der Waals surface area contributed by atoms with Crippen LogP contribution in [0.15, 0.2) is 59.8 Å². The summed E-state index contributed by atoms with van der Waals surface area (Å²) in [6, 6.07) is 15.6. The Kier molecular flexibility index (Phi) is 4.19. The Morgan fingerprint density at radius 1 is 1.14 bits per heavy atom. The molecule has 2 aliphatic rings. The molecule has 1 aliphatic heterocycles. The van der Waals surface area contributed by atoms with Gasteiger partial charge >= 0.3 is 0 Å². The minimum atomic E-state index is -0.351. The summed E-state index contributed by atoms with van der Waals surface area (Å²) in [5.41, 5.74) is 4.75. The highest BCUT2D eigenvalue weighted by Crippen LogP contribution is 2.43. The molecule has 0 amide bonds. The van der Waals surface area contributed by atoms with Crippen molar-refractivity contribution in [3.05, 3.63) is 70.9 Å². The number of hydrogen-bond acceptors (Lipinski definition) is 5. The van der Waals surface area contributed by atoms with Crippen molar-refractivity contribution in [1.82, 2.24) is 14.8 Å². The molecule has 5 rings (SSSR count). The lowest BCUT2D eigenvalue weighted by atomic mass is 9.85. The number of ketones is 1. The Bertz CT molecular complexity index is 1150. The fraction of sp³-hybridized carbons (Fsp3) is 0.261. The van der Waals surface area contributed by atoms with Crippen molar-refractivity contribution in [2.24, 2.45) is 0 Å². The molecule has 0 saturated carbocycles. The summed E-state index contributed by atoms with van der Waals surface area (Å²) < 4.78 is 7.45. The van der Waals surface area contributed by atoms with Crippen LogP contribution in [0.3, 0.4) is 0 Å². The zero-order valence-corrected chi connectivity index (χ0v) is 16.5. The van der Waals surface area contributed by atoms with Gasteiger partial charge in [0.05, 0.1) is 7.11 Å². The van der Waals surface area contributed by atoms with Gasteiger partial charge in [-0.25, -0.2) is 4.68 Å². The number of fused-ring (bicyclic) bond motifs is 1. The van der Waals surface area contributed by atoms with E-state index in [4.69, 9.17) is 14.8 Å². The second-order valence-electron chi connectivity index (χ2n) is 7.51. The molecule has 146 valence electrons. The van der Waals surface area contributed by atoms with E-state index in [-0.39, 0.29) is 11.8 Å². The fourth-order valence-corrected chi connectivity index (χ4v) is 4.24. The molecular weight excluding hydrogens is 364 g/mol. The lowest BCUT2D eigenvalue weighted by molar-refractivity contribution is -0.116. The molecule has 1 N–H and O–H groups in total. The van der Waals surface area contributed by atoms with Gasteiger partial charge in [-0.3, -0.25) is 4.79 Å². The van der Waals surface area contributed by atoms with Crippen LogP contribution in [0.2, 0.25) is 0 Å². The molecule has 0 fully saturated rings. The Balaban J connectivity index is 1.71. The van der Waals surface area contributed by atoms with E-state index < -0.39 is 0 Å². The van der Waals surface area contributed by atoms with Crippen LogP contribution in [0.25, 0.3) is 11.4 Å². The first-order valence-electron chi connectivity index (χ1n) is 9.85. The van der Waals surface area contributed by atoms with E-state index in [1.54, 1.807) is 7.11 Å². The summed E-state index contributed by atoms with van der Waals surface area (Å²) in [5.74, 6) is 2.20. The van der Waals surface area contributed by atoms with Crippen molar-refractivity contribution in [3.8, 4) is 17.1 Å². The first-order chi connectivity index (χ1) is 14.2. The molecule has 2 aromatic carbocycles. The summed E-state index contributed by atoms with van der Waals surface area (Å²) in [6.45, 7) is 2.05. The van der Waals surface area contributed by atoms with Gasteiger partial charge in [-0.2, -0.15) is 4.98 Å². The summed E-state index contributed by atoms with van der Waals surface area (Å²) in [7, 11) is 1.65. The molecular formula is C23H22N4O2.